The Morgan fingerprint density at radius 2 is 0.909 bits per heavy atom. The van der Waals surface area contributed by atoms with Crippen LogP contribution in [-0.2, 0) is 11.4 Å². The Bertz CT molecular complexity index is 62.1. The van der Waals surface area contributed by atoms with Gasteiger partial charge < -0.3 is 24.2 Å². The van der Waals surface area contributed by atoms with Gasteiger partial charge in [0.15, 0.2) is 0 Å². The van der Waals surface area contributed by atoms with Crippen molar-refractivity contribution < 1.29 is 183 Å². The van der Waals surface area contributed by atoms with Crippen LogP contribution in [0.5, 0.6) is 0 Å². The van der Waals surface area contributed by atoms with E-state index < -0.39 is 18.7 Å². The molecular formula is BK3O6S-2. The molecule has 0 aliphatic rings. The molecule has 0 aliphatic heterocycles. The summed E-state index contributed by atoms with van der Waals surface area (Å²) in [5.74, 6) is 0. The molecule has 0 aromatic heterocycles. The van der Waals surface area contributed by atoms with Crippen molar-refractivity contribution in [1.29, 1.82) is 0 Å². The van der Waals surface area contributed by atoms with Crippen LogP contribution < -0.4 is 169 Å². The van der Waals surface area contributed by atoms with Crippen LogP contribution in [0, 0.1) is 0 Å². The topological polar surface area (TPSA) is 132 Å². The van der Waals surface area contributed by atoms with Crippen LogP contribution in [0.1, 0.15) is 0 Å². The molecule has 0 aromatic carbocycles. The van der Waals surface area contributed by atoms with E-state index in [9.17, 15) is 0 Å². The largest absolute Gasteiger partial charge is 1.00 e. The number of hydrogen-bond donors (Lipinski definition) is 0. The average molecular weight is 256 g/mol. The molecule has 6 nitrogen and oxygen atoms in total. The second-order valence-electron chi connectivity index (χ2n) is 0.493. The summed E-state index contributed by atoms with van der Waals surface area (Å²) in [4.78, 5) is 0. The summed E-state index contributed by atoms with van der Waals surface area (Å²) in [6.45, 7) is 0. The minimum atomic E-state index is -3.11. The molecule has 0 unspecified atom stereocenters. The van der Waals surface area contributed by atoms with E-state index in [-0.39, 0.29) is 154 Å². The van der Waals surface area contributed by atoms with Gasteiger partial charge in [-0.15, -0.1) is 11.4 Å². The molecule has 0 spiro atoms. The van der Waals surface area contributed by atoms with Gasteiger partial charge in [-0.1, -0.05) is 0 Å². The smallest absolute Gasteiger partial charge is 0.907 e. The fourth-order valence-electron chi connectivity index (χ4n) is 0. The second kappa shape index (κ2) is 24.2. The van der Waals surface area contributed by atoms with Crippen LogP contribution in [0.3, 0.4) is 0 Å². The number of rotatable bonds is 0. The zero-order valence-corrected chi connectivity index (χ0v) is 16.6. The van der Waals surface area contributed by atoms with Gasteiger partial charge in [0.1, 0.15) is 0 Å². The predicted molar refractivity (Wildman–Crippen MR) is 15.5 cm³/mol. The molecule has 0 bridgehead atoms. The normalized spacial score (nSPS) is 5.64. The van der Waals surface area contributed by atoms with Gasteiger partial charge in [0.05, 0.1) is 0 Å². The van der Waals surface area contributed by atoms with Gasteiger partial charge in [-0.3, -0.25) is 11.5 Å². The van der Waals surface area contributed by atoms with E-state index in [2.05, 4.69) is 0 Å². The quantitative estimate of drug-likeness (QED) is 0.312. The third kappa shape index (κ3) is 103. The van der Waals surface area contributed by atoms with Gasteiger partial charge in [-0.25, -0.2) is 0 Å². The summed E-state index contributed by atoms with van der Waals surface area (Å²) in [5, 5.41) is 25.2. The number of hydrogen-bond acceptors (Lipinski definition) is 6. The first-order chi connectivity index (χ1) is 3.46. The van der Waals surface area contributed by atoms with Gasteiger partial charge in [-0.05, 0) is 0 Å². The second-order valence-corrected chi connectivity index (χ2v) is 0.901. The summed E-state index contributed by atoms with van der Waals surface area (Å²) in [6.07, 6.45) is 0. The summed E-state index contributed by atoms with van der Waals surface area (Å²) >= 11 is -3.11. The Hall–Kier alpha value is 4.92. The van der Waals surface area contributed by atoms with Gasteiger partial charge in [0.25, 0.3) is 0 Å². The molecule has 50 valence electrons. The van der Waals surface area contributed by atoms with Crippen LogP contribution >= 0.6 is 0 Å². The molecule has 11 heteroatoms. The maximum atomic E-state index is 8.44. The fraction of sp³-hybridized carbons (Fsp3) is 0. The van der Waals surface area contributed by atoms with Crippen LogP contribution in [0.2, 0.25) is 0 Å². The minimum Gasteiger partial charge on any atom is -0.907 e. The molecule has 0 fully saturated rings. The van der Waals surface area contributed by atoms with E-state index in [1.165, 1.54) is 0 Å². The van der Waals surface area contributed by atoms with Crippen LogP contribution in [0.25, 0.3) is 0 Å². The Morgan fingerprint density at radius 3 is 0.909 bits per heavy atom. The summed E-state index contributed by atoms with van der Waals surface area (Å²) in [6, 6.07) is 0. The summed E-state index contributed by atoms with van der Waals surface area (Å²) in [7, 11) is -2.92. The van der Waals surface area contributed by atoms with Crippen molar-refractivity contribution in [1.82, 2.24) is 0 Å². The van der Waals surface area contributed by atoms with E-state index in [1.807, 2.05) is 0 Å². The summed E-state index contributed by atoms with van der Waals surface area (Å²) in [5.41, 5.74) is 0. The van der Waals surface area contributed by atoms with E-state index >= 15 is 0 Å². The van der Waals surface area contributed by atoms with Crippen LogP contribution in [-0.4, -0.2) is 20.6 Å². The van der Waals surface area contributed by atoms with Gasteiger partial charge in [0.2, 0.25) is 0 Å². The monoisotopic (exact) mass is 256 g/mol. The van der Waals surface area contributed by atoms with Gasteiger partial charge >= 0.3 is 154 Å². The molecule has 0 heterocycles. The third-order valence-electron chi connectivity index (χ3n) is 0. The maximum absolute atomic E-state index is 8.44. The maximum Gasteiger partial charge on any atom is 1.00 e. The third-order valence-corrected chi connectivity index (χ3v) is 0. The standard InChI is InChI=1S/BO3.3K.H2O3S/c2-1(3)4;;;;1-4(2)3/h;;;;(H2,1,2,3)/q-3;3*+1;/p-2. The van der Waals surface area contributed by atoms with Crippen molar-refractivity contribution >= 4 is 18.7 Å². The molecule has 0 saturated carbocycles. The zero-order valence-electron chi connectivity index (χ0n) is 6.44. The first-order valence-corrected chi connectivity index (χ1v) is 2.21. The molecule has 0 rings (SSSR count). The van der Waals surface area contributed by atoms with Crippen molar-refractivity contribution in [3.63, 3.8) is 0 Å². The summed E-state index contributed by atoms with van der Waals surface area (Å²) < 4.78 is 25.3. The average Bonchev–Trinajstić information content (AvgIpc) is 1.25. The Labute approximate surface area is 195 Å². The SMILES string of the molecule is O=S([O-])[O-].[K+].[K+].[K+].[O-]B([O-])[O-]. The fourth-order valence-corrected chi connectivity index (χ4v) is 0. The van der Waals surface area contributed by atoms with E-state index in [0.29, 0.717) is 0 Å². The Kier molecular flexibility index (Phi) is 65.5. The molecule has 0 aliphatic carbocycles. The van der Waals surface area contributed by atoms with Crippen molar-refractivity contribution in [3.05, 3.63) is 0 Å². The van der Waals surface area contributed by atoms with Crippen LogP contribution in [0.15, 0.2) is 0 Å². The van der Waals surface area contributed by atoms with E-state index in [4.69, 9.17) is 28.4 Å². The Morgan fingerprint density at radius 1 is 0.909 bits per heavy atom. The molecule has 11 heavy (non-hydrogen) atoms. The molecule has 0 saturated heterocycles. The molecule has 0 radical (unpaired) electrons. The first kappa shape index (κ1) is 29.7. The van der Waals surface area contributed by atoms with Crippen molar-refractivity contribution in [2.45, 2.75) is 0 Å². The molecular weight excluding hydrogens is 256 g/mol. The molecule has 0 amide bonds. The van der Waals surface area contributed by atoms with E-state index in [1.54, 1.807) is 0 Å². The van der Waals surface area contributed by atoms with Crippen molar-refractivity contribution in [2.75, 3.05) is 0 Å². The van der Waals surface area contributed by atoms with Crippen molar-refractivity contribution in [3.8, 4) is 0 Å². The predicted octanol–water partition coefficient (Wildman–Crippen LogP) is -13.9. The first-order valence-electron chi connectivity index (χ1n) is 1.21. The van der Waals surface area contributed by atoms with Crippen molar-refractivity contribution in [2.24, 2.45) is 0 Å². The van der Waals surface area contributed by atoms with Gasteiger partial charge in [-0.2, -0.15) is 0 Å². The minimum absolute atomic E-state index is 0. The van der Waals surface area contributed by atoms with E-state index in [0.717, 1.165) is 0 Å². The molecule has 0 atom stereocenters. The molecule has 0 N–H and O–H groups in total. The Balaban J connectivity index is -0.0000000171. The molecule has 0 aromatic rings. The van der Waals surface area contributed by atoms with Crippen LogP contribution in [0.4, 0.5) is 0 Å². The zero-order chi connectivity index (χ0) is 7.15. The van der Waals surface area contributed by atoms with Gasteiger partial charge in [0, 0.05) is 0 Å².